The molecule has 1 saturated carbocycles. The summed E-state index contributed by atoms with van der Waals surface area (Å²) in [4.78, 5) is 23.8. The number of benzene rings is 2. The van der Waals surface area contributed by atoms with Crippen LogP contribution in [0.1, 0.15) is 44.4 Å². The van der Waals surface area contributed by atoms with Gasteiger partial charge in [-0.05, 0) is 49.1 Å². The van der Waals surface area contributed by atoms with Crippen LogP contribution >= 0.6 is 0 Å². The molecule has 2 aliphatic rings. The van der Waals surface area contributed by atoms with E-state index in [1.165, 1.54) is 16.8 Å². The average molecular weight is 413 g/mol. The Morgan fingerprint density at radius 3 is 2.60 bits per heavy atom. The Morgan fingerprint density at radius 1 is 1.10 bits per heavy atom. The molecule has 3 aromatic rings. The number of rotatable bonds is 4. The fraction of sp³-hybridized carbons (Fsp3) is 0.190. The van der Waals surface area contributed by atoms with Crippen molar-refractivity contribution in [3.05, 3.63) is 76.4 Å². The van der Waals surface area contributed by atoms with Gasteiger partial charge in [-0.2, -0.15) is 5.10 Å². The zero-order valence-electron chi connectivity index (χ0n) is 15.3. The molecule has 2 aliphatic carbocycles. The summed E-state index contributed by atoms with van der Waals surface area (Å²) < 4.78 is 43.2. The Bertz CT molecular complexity index is 1240. The molecule has 1 heterocycles. The number of fused-ring (bicyclic) bond motifs is 3. The molecule has 6 nitrogen and oxygen atoms in total. The van der Waals surface area contributed by atoms with Gasteiger partial charge in [0.25, 0.3) is 5.91 Å². The van der Waals surface area contributed by atoms with Crippen LogP contribution in [-0.2, 0) is 6.42 Å². The smallest absolute Gasteiger partial charge is 0.335 e. The standard InChI is InChI=1S/C21H14F3N3O3/c22-11-2-4-17(15(24)8-11)27-19-12-5-10(12)6-13(19)18(26-27)20(28)25-16-3-1-9(21(29)30)7-14(16)23/h1-4,7-8,10,12H,5-6H2,(H,25,28)(H,29,30)/t10-,12-/m1/s1. The first-order chi connectivity index (χ1) is 14.3. The minimum absolute atomic E-state index is 0.0382. The second kappa shape index (κ2) is 6.45. The summed E-state index contributed by atoms with van der Waals surface area (Å²) in [5.74, 6) is -3.88. The van der Waals surface area contributed by atoms with E-state index < -0.39 is 29.3 Å². The van der Waals surface area contributed by atoms with Gasteiger partial charge in [0.05, 0.1) is 16.9 Å². The molecule has 5 rings (SSSR count). The van der Waals surface area contributed by atoms with E-state index in [4.69, 9.17) is 5.11 Å². The lowest BCUT2D eigenvalue weighted by atomic mass is 10.1. The number of hydrogen-bond donors (Lipinski definition) is 2. The van der Waals surface area contributed by atoms with Gasteiger partial charge in [-0.1, -0.05) is 0 Å². The van der Waals surface area contributed by atoms with Gasteiger partial charge in [0.2, 0.25) is 0 Å². The molecule has 2 aromatic carbocycles. The summed E-state index contributed by atoms with van der Waals surface area (Å²) in [7, 11) is 0. The zero-order chi connectivity index (χ0) is 21.2. The highest BCUT2D eigenvalue weighted by Crippen LogP contribution is 2.57. The van der Waals surface area contributed by atoms with Crippen molar-refractivity contribution < 1.29 is 27.9 Å². The van der Waals surface area contributed by atoms with Gasteiger partial charge in [0.15, 0.2) is 11.5 Å². The molecule has 0 bridgehead atoms. The average Bonchev–Trinajstić information content (AvgIpc) is 3.19. The Balaban J connectivity index is 1.52. The maximum Gasteiger partial charge on any atom is 0.335 e. The predicted octanol–water partition coefficient (Wildman–Crippen LogP) is 3.90. The number of anilines is 1. The molecule has 0 saturated heterocycles. The SMILES string of the molecule is O=C(O)c1ccc(NC(=O)c2nn(-c3ccc(F)cc3F)c3c2C[C@H]2C[C@@H]32)c(F)c1. The molecule has 30 heavy (non-hydrogen) atoms. The van der Waals surface area contributed by atoms with E-state index in [1.54, 1.807) is 0 Å². The minimum Gasteiger partial charge on any atom is -0.478 e. The van der Waals surface area contributed by atoms with Crippen LogP contribution in [0.2, 0.25) is 0 Å². The summed E-state index contributed by atoms with van der Waals surface area (Å²) in [5.41, 5.74) is 1.03. The number of nitrogens with one attached hydrogen (secondary N) is 1. The maximum absolute atomic E-state index is 14.4. The summed E-state index contributed by atoms with van der Waals surface area (Å²) in [6.45, 7) is 0. The van der Waals surface area contributed by atoms with E-state index in [0.29, 0.717) is 17.9 Å². The number of nitrogens with zero attached hydrogens (tertiary/aromatic N) is 2. The first kappa shape index (κ1) is 18.4. The van der Waals surface area contributed by atoms with Gasteiger partial charge in [0.1, 0.15) is 17.3 Å². The Hall–Kier alpha value is -3.62. The molecule has 152 valence electrons. The quantitative estimate of drug-likeness (QED) is 0.680. The van der Waals surface area contributed by atoms with Crippen molar-refractivity contribution in [1.82, 2.24) is 9.78 Å². The number of aromatic carboxylic acids is 1. The number of carboxylic acids is 1. The van der Waals surface area contributed by atoms with Crippen molar-refractivity contribution in [3.63, 3.8) is 0 Å². The largest absolute Gasteiger partial charge is 0.478 e. The van der Waals surface area contributed by atoms with E-state index in [0.717, 1.165) is 36.4 Å². The second-order valence-electron chi connectivity index (χ2n) is 7.48. The number of carbonyl (C=O) groups is 2. The molecular formula is C21H14F3N3O3. The van der Waals surface area contributed by atoms with E-state index >= 15 is 0 Å². The summed E-state index contributed by atoms with van der Waals surface area (Å²) in [6, 6.07) is 6.27. The van der Waals surface area contributed by atoms with Crippen LogP contribution in [0.3, 0.4) is 0 Å². The van der Waals surface area contributed by atoms with Gasteiger partial charge < -0.3 is 10.4 Å². The fourth-order valence-electron chi connectivity index (χ4n) is 4.07. The molecule has 1 amide bonds. The number of carbonyl (C=O) groups excluding carboxylic acids is 1. The third-order valence-electron chi connectivity index (χ3n) is 5.58. The number of hydrogen-bond acceptors (Lipinski definition) is 3. The van der Waals surface area contributed by atoms with Gasteiger partial charge in [-0.15, -0.1) is 0 Å². The monoisotopic (exact) mass is 413 g/mol. The van der Waals surface area contributed by atoms with E-state index in [-0.39, 0.29) is 28.6 Å². The molecule has 9 heteroatoms. The lowest BCUT2D eigenvalue weighted by Crippen LogP contribution is -2.16. The van der Waals surface area contributed by atoms with Crippen molar-refractivity contribution in [3.8, 4) is 5.69 Å². The molecule has 2 atom stereocenters. The Labute approximate surface area is 167 Å². The molecule has 0 radical (unpaired) electrons. The highest BCUT2D eigenvalue weighted by Gasteiger charge is 2.50. The van der Waals surface area contributed by atoms with Crippen LogP contribution in [0.4, 0.5) is 18.9 Å². The highest BCUT2D eigenvalue weighted by atomic mass is 19.1. The van der Waals surface area contributed by atoms with Crippen molar-refractivity contribution in [2.24, 2.45) is 5.92 Å². The van der Waals surface area contributed by atoms with Crippen LogP contribution in [0, 0.1) is 23.4 Å². The fourth-order valence-corrected chi connectivity index (χ4v) is 4.07. The van der Waals surface area contributed by atoms with Crippen LogP contribution in [0.5, 0.6) is 0 Å². The number of carboxylic acid groups (broad SMARTS) is 1. The zero-order valence-corrected chi connectivity index (χ0v) is 15.3. The first-order valence-corrected chi connectivity index (χ1v) is 9.25. The van der Waals surface area contributed by atoms with Gasteiger partial charge in [0, 0.05) is 17.5 Å². The first-order valence-electron chi connectivity index (χ1n) is 9.25. The minimum atomic E-state index is -1.29. The molecule has 2 N–H and O–H groups in total. The maximum atomic E-state index is 14.4. The lowest BCUT2D eigenvalue weighted by Gasteiger charge is -2.07. The molecule has 0 spiro atoms. The number of halogens is 3. The second-order valence-corrected chi connectivity index (χ2v) is 7.48. The van der Waals surface area contributed by atoms with Gasteiger partial charge in [-0.3, -0.25) is 4.79 Å². The van der Waals surface area contributed by atoms with Crippen molar-refractivity contribution in [2.75, 3.05) is 5.32 Å². The van der Waals surface area contributed by atoms with E-state index in [9.17, 15) is 22.8 Å². The predicted molar refractivity (Wildman–Crippen MR) is 99.3 cm³/mol. The highest BCUT2D eigenvalue weighted by molar-refractivity contribution is 6.04. The van der Waals surface area contributed by atoms with E-state index in [1.807, 2.05) is 0 Å². The Morgan fingerprint density at radius 2 is 1.90 bits per heavy atom. The van der Waals surface area contributed by atoms with Crippen LogP contribution in [0.25, 0.3) is 5.69 Å². The summed E-state index contributed by atoms with van der Waals surface area (Å²) in [6.07, 6.45) is 1.51. The van der Waals surface area contributed by atoms with Crippen molar-refractivity contribution >= 4 is 17.6 Å². The van der Waals surface area contributed by atoms with Crippen molar-refractivity contribution in [2.45, 2.75) is 18.8 Å². The van der Waals surface area contributed by atoms with Crippen LogP contribution in [-0.4, -0.2) is 26.8 Å². The molecule has 1 aromatic heterocycles. The molecule has 0 aliphatic heterocycles. The Kier molecular flexibility index (Phi) is 3.96. The van der Waals surface area contributed by atoms with Crippen LogP contribution in [0.15, 0.2) is 36.4 Å². The normalized spacial score (nSPS) is 18.6. The number of aromatic nitrogens is 2. The third kappa shape index (κ3) is 2.85. The van der Waals surface area contributed by atoms with Gasteiger partial charge in [-0.25, -0.2) is 22.6 Å². The summed E-state index contributed by atoms with van der Waals surface area (Å²) >= 11 is 0. The lowest BCUT2D eigenvalue weighted by molar-refractivity contribution is 0.0696. The molecule has 1 fully saturated rings. The third-order valence-corrected chi connectivity index (χ3v) is 5.58. The molecular weight excluding hydrogens is 399 g/mol. The number of amides is 1. The molecule has 0 unspecified atom stereocenters. The summed E-state index contributed by atoms with van der Waals surface area (Å²) in [5, 5.41) is 15.6. The van der Waals surface area contributed by atoms with Crippen molar-refractivity contribution in [1.29, 1.82) is 0 Å². The van der Waals surface area contributed by atoms with E-state index in [2.05, 4.69) is 10.4 Å². The van der Waals surface area contributed by atoms with Crippen LogP contribution < -0.4 is 5.32 Å². The topological polar surface area (TPSA) is 84.2 Å². The van der Waals surface area contributed by atoms with Gasteiger partial charge >= 0.3 is 5.97 Å².